The second-order valence-electron chi connectivity index (χ2n) is 5.14. The van der Waals surface area contributed by atoms with Crippen LogP contribution in [0.2, 0.25) is 0 Å². The molecule has 6 nitrogen and oxygen atoms in total. The number of carboxylic acids is 1. The second-order valence-corrected chi connectivity index (χ2v) is 5.14. The number of hydrogen-bond donors (Lipinski definition) is 3. The van der Waals surface area contributed by atoms with Crippen LogP contribution in [0.1, 0.15) is 52.4 Å². The molecule has 0 saturated carbocycles. The monoisotopic (exact) mass is 302 g/mol. The summed E-state index contributed by atoms with van der Waals surface area (Å²) in [4.78, 5) is 22.0. The Morgan fingerprint density at radius 1 is 1.10 bits per heavy atom. The number of carbonyl (C=O) groups excluding carboxylic acids is 1. The molecule has 0 aliphatic heterocycles. The Kier molecular flexibility index (Phi) is 12.8. The van der Waals surface area contributed by atoms with E-state index in [0.29, 0.717) is 32.0 Å². The van der Waals surface area contributed by atoms with Gasteiger partial charge in [0.05, 0.1) is 0 Å². The Morgan fingerprint density at radius 2 is 1.81 bits per heavy atom. The van der Waals surface area contributed by atoms with E-state index in [1.165, 1.54) is 0 Å². The number of carbonyl (C=O) groups is 2. The molecule has 0 heterocycles. The third kappa shape index (κ3) is 13.4. The topological polar surface area (TPSA) is 87.7 Å². The Labute approximate surface area is 127 Å². The van der Waals surface area contributed by atoms with E-state index >= 15 is 0 Å². The van der Waals surface area contributed by atoms with Crippen LogP contribution in [-0.2, 0) is 9.53 Å². The molecule has 0 radical (unpaired) electrons. The van der Waals surface area contributed by atoms with Gasteiger partial charge in [-0.1, -0.05) is 20.3 Å². The van der Waals surface area contributed by atoms with Crippen LogP contribution in [0.5, 0.6) is 0 Å². The summed E-state index contributed by atoms with van der Waals surface area (Å²) in [6.07, 6.45) is 4.44. The highest BCUT2D eigenvalue weighted by molar-refractivity contribution is 5.73. The van der Waals surface area contributed by atoms with Crippen molar-refractivity contribution in [1.29, 1.82) is 0 Å². The van der Waals surface area contributed by atoms with Gasteiger partial charge in [0.15, 0.2) is 0 Å². The van der Waals surface area contributed by atoms with Crippen LogP contribution in [0.4, 0.5) is 4.79 Å². The molecule has 6 heteroatoms. The van der Waals surface area contributed by atoms with Crippen molar-refractivity contribution < 1.29 is 19.4 Å². The van der Waals surface area contributed by atoms with Gasteiger partial charge in [-0.15, -0.1) is 0 Å². The van der Waals surface area contributed by atoms with Crippen LogP contribution in [-0.4, -0.2) is 43.4 Å². The first-order chi connectivity index (χ1) is 10.1. The fourth-order valence-electron chi connectivity index (χ4n) is 1.96. The lowest BCUT2D eigenvalue weighted by atomic mass is 9.97. The predicted molar refractivity (Wildman–Crippen MR) is 82.4 cm³/mol. The number of carboxylic acid groups (broad SMARTS) is 1. The fraction of sp³-hybridized carbons (Fsp3) is 0.867. The predicted octanol–water partition coefficient (Wildman–Crippen LogP) is 2.38. The molecule has 0 aliphatic carbocycles. The summed E-state index contributed by atoms with van der Waals surface area (Å²) in [5.74, 6) is -0.409. The molecule has 2 amide bonds. The highest BCUT2D eigenvalue weighted by atomic mass is 16.5. The first kappa shape index (κ1) is 19.7. The number of amides is 2. The van der Waals surface area contributed by atoms with Crippen LogP contribution < -0.4 is 10.6 Å². The molecule has 0 aromatic heterocycles. The van der Waals surface area contributed by atoms with Crippen LogP contribution in [0.15, 0.2) is 0 Å². The van der Waals surface area contributed by atoms with Crippen molar-refractivity contribution in [3.63, 3.8) is 0 Å². The largest absolute Gasteiger partial charge is 0.481 e. The van der Waals surface area contributed by atoms with Gasteiger partial charge in [-0.25, -0.2) is 4.79 Å². The molecule has 0 fully saturated rings. The lowest BCUT2D eigenvalue weighted by Crippen LogP contribution is -2.37. The molecule has 0 saturated heterocycles. The maximum atomic E-state index is 11.5. The van der Waals surface area contributed by atoms with Gasteiger partial charge >= 0.3 is 12.0 Å². The summed E-state index contributed by atoms with van der Waals surface area (Å²) >= 11 is 0. The van der Waals surface area contributed by atoms with Crippen LogP contribution in [0.25, 0.3) is 0 Å². The lowest BCUT2D eigenvalue weighted by Gasteiger charge is -2.14. The standard InChI is InChI=1S/C15H30N2O4/c1-3-11-21-12-5-9-16-15(20)17-10-8-13(4-2)6-7-14(18)19/h13H,3-12H2,1-2H3,(H,18,19)(H2,16,17,20). The molecule has 0 aliphatic rings. The van der Waals surface area contributed by atoms with Crippen molar-refractivity contribution in [3.8, 4) is 0 Å². The van der Waals surface area contributed by atoms with E-state index in [9.17, 15) is 9.59 Å². The summed E-state index contributed by atoms with van der Waals surface area (Å²) in [5, 5.41) is 14.2. The van der Waals surface area contributed by atoms with E-state index in [1.807, 2.05) is 6.92 Å². The third-order valence-corrected chi connectivity index (χ3v) is 3.28. The zero-order valence-corrected chi connectivity index (χ0v) is 13.3. The quantitative estimate of drug-likeness (QED) is 0.456. The van der Waals surface area contributed by atoms with Gasteiger partial charge in [0.25, 0.3) is 0 Å². The Bertz CT molecular complexity index is 285. The Balaban J connectivity index is 3.52. The highest BCUT2D eigenvalue weighted by Crippen LogP contribution is 2.14. The molecule has 0 bridgehead atoms. The normalized spacial score (nSPS) is 11.9. The summed E-state index contributed by atoms with van der Waals surface area (Å²) in [6, 6.07) is -0.168. The minimum atomic E-state index is -0.760. The maximum absolute atomic E-state index is 11.5. The van der Waals surface area contributed by atoms with E-state index in [1.54, 1.807) is 0 Å². The summed E-state index contributed by atoms with van der Waals surface area (Å²) in [5.41, 5.74) is 0. The molecular formula is C15H30N2O4. The smallest absolute Gasteiger partial charge is 0.314 e. The maximum Gasteiger partial charge on any atom is 0.314 e. The molecule has 0 spiro atoms. The summed E-state index contributed by atoms with van der Waals surface area (Å²) in [7, 11) is 0. The first-order valence-corrected chi connectivity index (χ1v) is 7.91. The number of rotatable bonds is 13. The van der Waals surface area contributed by atoms with Gasteiger partial charge < -0.3 is 20.5 Å². The number of hydrogen-bond acceptors (Lipinski definition) is 3. The van der Waals surface area contributed by atoms with Gasteiger partial charge in [-0.2, -0.15) is 0 Å². The average Bonchev–Trinajstić information content (AvgIpc) is 2.46. The average molecular weight is 302 g/mol. The van der Waals surface area contributed by atoms with Gasteiger partial charge in [-0.05, 0) is 31.6 Å². The van der Waals surface area contributed by atoms with Crippen molar-refractivity contribution in [2.75, 3.05) is 26.3 Å². The van der Waals surface area contributed by atoms with Crippen LogP contribution in [0, 0.1) is 5.92 Å². The summed E-state index contributed by atoms with van der Waals surface area (Å²) < 4.78 is 5.32. The minimum absolute atomic E-state index is 0.168. The van der Waals surface area contributed by atoms with E-state index in [4.69, 9.17) is 9.84 Å². The van der Waals surface area contributed by atoms with Crippen molar-refractivity contribution in [2.45, 2.75) is 52.4 Å². The van der Waals surface area contributed by atoms with E-state index < -0.39 is 5.97 Å². The molecule has 0 aromatic rings. The van der Waals surface area contributed by atoms with Crippen molar-refractivity contribution >= 4 is 12.0 Å². The number of urea groups is 1. The molecule has 21 heavy (non-hydrogen) atoms. The van der Waals surface area contributed by atoms with E-state index in [-0.39, 0.29) is 12.5 Å². The first-order valence-electron chi connectivity index (χ1n) is 7.91. The van der Waals surface area contributed by atoms with Crippen LogP contribution >= 0.6 is 0 Å². The molecule has 124 valence electrons. The Morgan fingerprint density at radius 3 is 2.43 bits per heavy atom. The molecular weight excluding hydrogens is 272 g/mol. The van der Waals surface area contributed by atoms with Gasteiger partial charge in [0.2, 0.25) is 0 Å². The number of aliphatic carboxylic acids is 1. The second kappa shape index (κ2) is 13.7. The van der Waals surface area contributed by atoms with Crippen molar-refractivity contribution in [2.24, 2.45) is 5.92 Å². The third-order valence-electron chi connectivity index (χ3n) is 3.28. The summed E-state index contributed by atoms with van der Waals surface area (Å²) in [6.45, 7) is 6.72. The highest BCUT2D eigenvalue weighted by Gasteiger charge is 2.09. The SMILES string of the molecule is CCCOCCCNC(=O)NCCC(CC)CCC(=O)O. The van der Waals surface area contributed by atoms with Crippen LogP contribution in [0.3, 0.4) is 0 Å². The zero-order valence-electron chi connectivity index (χ0n) is 13.3. The number of nitrogens with one attached hydrogen (secondary N) is 2. The van der Waals surface area contributed by atoms with E-state index in [0.717, 1.165) is 32.3 Å². The van der Waals surface area contributed by atoms with Gasteiger partial charge in [0, 0.05) is 32.7 Å². The molecule has 1 unspecified atom stereocenters. The minimum Gasteiger partial charge on any atom is -0.481 e. The molecule has 3 N–H and O–H groups in total. The zero-order chi connectivity index (χ0) is 15.9. The fourth-order valence-corrected chi connectivity index (χ4v) is 1.96. The lowest BCUT2D eigenvalue weighted by molar-refractivity contribution is -0.137. The number of ether oxygens (including phenoxy) is 1. The van der Waals surface area contributed by atoms with Crippen molar-refractivity contribution in [3.05, 3.63) is 0 Å². The van der Waals surface area contributed by atoms with Gasteiger partial charge in [-0.3, -0.25) is 4.79 Å². The Hall–Kier alpha value is -1.30. The molecule has 1 atom stereocenters. The molecule has 0 aromatic carbocycles. The van der Waals surface area contributed by atoms with Gasteiger partial charge in [0.1, 0.15) is 0 Å². The van der Waals surface area contributed by atoms with Crippen molar-refractivity contribution in [1.82, 2.24) is 10.6 Å². The van der Waals surface area contributed by atoms with E-state index in [2.05, 4.69) is 17.6 Å². The molecule has 0 rings (SSSR count).